The third-order valence-electron chi connectivity index (χ3n) is 2.66. The summed E-state index contributed by atoms with van der Waals surface area (Å²) in [5.41, 5.74) is 7.52. The Kier molecular flexibility index (Phi) is 2.81. The van der Waals surface area contributed by atoms with E-state index < -0.39 is 0 Å². The third kappa shape index (κ3) is 1.62. The lowest BCUT2D eigenvalue weighted by Crippen LogP contribution is -2.13. The first kappa shape index (κ1) is 10.5. The van der Waals surface area contributed by atoms with E-state index in [1.165, 1.54) is 0 Å². The van der Waals surface area contributed by atoms with Crippen molar-refractivity contribution in [2.24, 2.45) is 10.9 Å². The molecule has 0 aliphatic heterocycles. The summed E-state index contributed by atoms with van der Waals surface area (Å²) >= 11 is 0. The summed E-state index contributed by atoms with van der Waals surface area (Å²) in [6.07, 6.45) is 3.11. The van der Waals surface area contributed by atoms with Gasteiger partial charge in [-0.25, -0.2) is 0 Å². The monoisotopic (exact) mass is 217 g/mol. The van der Waals surface area contributed by atoms with Crippen molar-refractivity contribution in [1.29, 1.82) is 0 Å². The predicted octanol–water partition coefficient (Wildman–Crippen LogP) is 2.15. The molecule has 0 spiro atoms. The standard InChI is InChI=1S/C12H15N3O/c1-2-7-15-8-6-9-10(12(13)14-16)4-3-5-11(9)15/h3-6,8,16H,2,7H2,1H3,(H2,13,14). The molecule has 0 bridgehead atoms. The fourth-order valence-corrected chi connectivity index (χ4v) is 1.94. The molecule has 0 saturated heterocycles. The molecule has 0 fully saturated rings. The van der Waals surface area contributed by atoms with Gasteiger partial charge < -0.3 is 15.5 Å². The first-order chi connectivity index (χ1) is 7.77. The molecule has 0 unspecified atom stereocenters. The number of aryl methyl sites for hydroxylation is 1. The van der Waals surface area contributed by atoms with Crippen LogP contribution in [0.5, 0.6) is 0 Å². The number of benzene rings is 1. The van der Waals surface area contributed by atoms with Crippen molar-refractivity contribution in [1.82, 2.24) is 4.57 Å². The lowest BCUT2D eigenvalue weighted by Gasteiger charge is -2.04. The van der Waals surface area contributed by atoms with E-state index in [0.717, 1.165) is 29.4 Å². The van der Waals surface area contributed by atoms with Crippen LogP contribution in [-0.2, 0) is 6.54 Å². The van der Waals surface area contributed by atoms with E-state index in [9.17, 15) is 0 Å². The molecule has 0 aliphatic carbocycles. The zero-order chi connectivity index (χ0) is 11.5. The maximum Gasteiger partial charge on any atom is 0.170 e. The van der Waals surface area contributed by atoms with Crippen molar-refractivity contribution in [3.8, 4) is 0 Å². The van der Waals surface area contributed by atoms with E-state index >= 15 is 0 Å². The summed E-state index contributed by atoms with van der Waals surface area (Å²) in [5, 5.41) is 12.8. The van der Waals surface area contributed by atoms with Crippen LogP contribution in [0.2, 0.25) is 0 Å². The van der Waals surface area contributed by atoms with Crippen LogP contribution in [0.3, 0.4) is 0 Å². The lowest BCUT2D eigenvalue weighted by molar-refractivity contribution is 0.318. The Balaban J connectivity index is 2.62. The van der Waals surface area contributed by atoms with Gasteiger partial charge in [0.25, 0.3) is 0 Å². The first-order valence-corrected chi connectivity index (χ1v) is 5.33. The van der Waals surface area contributed by atoms with Crippen molar-refractivity contribution in [3.63, 3.8) is 0 Å². The molecule has 16 heavy (non-hydrogen) atoms. The molecular formula is C12H15N3O. The van der Waals surface area contributed by atoms with E-state index in [1.807, 2.05) is 30.5 Å². The fraction of sp³-hybridized carbons (Fsp3) is 0.250. The number of oxime groups is 1. The van der Waals surface area contributed by atoms with Gasteiger partial charge in [-0.2, -0.15) is 0 Å². The quantitative estimate of drug-likeness (QED) is 0.358. The Morgan fingerprint density at radius 3 is 2.94 bits per heavy atom. The van der Waals surface area contributed by atoms with Gasteiger partial charge in [-0.1, -0.05) is 24.2 Å². The lowest BCUT2D eigenvalue weighted by atomic mass is 10.1. The van der Waals surface area contributed by atoms with Crippen LogP contribution in [0.4, 0.5) is 0 Å². The minimum absolute atomic E-state index is 0.153. The molecule has 2 rings (SSSR count). The van der Waals surface area contributed by atoms with Gasteiger partial charge in [0.2, 0.25) is 0 Å². The summed E-state index contributed by atoms with van der Waals surface area (Å²) in [5.74, 6) is 0.153. The van der Waals surface area contributed by atoms with Gasteiger partial charge >= 0.3 is 0 Å². The number of nitrogens with two attached hydrogens (primary N) is 1. The molecule has 0 atom stereocenters. The van der Waals surface area contributed by atoms with Crippen LogP contribution in [0.15, 0.2) is 35.6 Å². The van der Waals surface area contributed by atoms with Crippen molar-refractivity contribution < 1.29 is 5.21 Å². The van der Waals surface area contributed by atoms with E-state index in [2.05, 4.69) is 16.6 Å². The van der Waals surface area contributed by atoms with Crippen LogP contribution in [0.1, 0.15) is 18.9 Å². The maximum absolute atomic E-state index is 8.71. The molecule has 1 heterocycles. The fourth-order valence-electron chi connectivity index (χ4n) is 1.94. The minimum atomic E-state index is 0.153. The average Bonchev–Trinajstić information content (AvgIpc) is 2.72. The number of amidine groups is 1. The van der Waals surface area contributed by atoms with Gasteiger partial charge in [0, 0.05) is 29.2 Å². The molecule has 0 amide bonds. The Labute approximate surface area is 94.0 Å². The molecule has 1 aromatic heterocycles. The van der Waals surface area contributed by atoms with Crippen LogP contribution in [0, 0.1) is 0 Å². The van der Waals surface area contributed by atoms with Crippen LogP contribution in [0.25, 0.3) is 10.9 Å². The van der Waals surface area contributed by atoms with Gasteiger partial charge in [-0.05, 0) is 18.6 Å². The van der Waals surface area contributed by atoms with Crippen LogP contribution >= 0.6 is 0 Å². The van der Waals surface area contributed by atoms with Gasteiger partial charge in [0.15, 0.2) is 5.84 Å². The third-order valence-corrected chi connectivity index (χ3v) is 2.66. The van der Waals surface area contributed by atoms with Crippen molar-refractivity contribution in [3.05, 3.63) is 36.0 Å². The molecule has 0 saturated carbocycles. The van der Waals surface area contributed by atoms with Crippen molar-refractivity contribution in [2.75, 3.05) is 0 Å². The highest BCUT2D eigenvalue weighted by Crippen LogP contribution is 2.20. The summed E-state index contributed by atoms with van der Waals surface area (Å²) in [7, 11) is 0. The molecule has 2 aromatic rings. The summed E-state index contributed by atoms with van der Waals surface area (Å²) in [6, 6.07) is 7.81. The maximum atomic E-state index is 8.71. The Morgan fingerprint density at radius 2 is 2.25 bits per heavy atom. The highest BCUT2D eigenvalue weighted by molar-refractivity contribution is 6.08. The number of fused-ring (bicyclic) bond motifs is 1. The SMILES string of the molecule is CCCn1ccc2c(/C(N)=N/O)cccc21. The number of nitrogens with zero attached hydrogens (tertiary/aromatic N) is 2. The molecule has 3 N–H and O–H groups in total. The summed E-state index contributed by atoms with van der Waals surface area (Å²) in [6.45, 7) is 3.11. The van der Waals surface area contributed by atoms with Gasteiger partial charge in [-0.3, -0.25) is 0 Å². The van der Waals surface area contributed by atoms with Crippen molar-refractivity contribution in [2.45, 2.75) is 19.9 Å². The highest BCUT2D eigenvalue weighted by atomic mass is 16.4. The Morgan fingerprint density at radius 1 is 1.44 bits per heavy atom. The first-order valence-electron chi connectivity index (χ1n) is 5.33. The van der Waals surface area contributed by atoms with Gasteiger partial charge in [0.1, 0.15) is 0 Å². The molecule has 4 heteroatoms. The van der Waals surface area contributed by atoms with Gasteiger partial charge in [0.05, 0.1) is 0 Å². The summed E-state index contributed by atoms with van der Waals surface area (Å²) in [4.78, 5) is 0. The van der Waals surface area contributed by atoms with Gasteiger partial charge in [-0.15, -0.1) is 0 Å². The van der Waals surface area contributed by atoms with Crippen LogP contribution < -0.4 is 5.73 Å². The van der Waals surface area contributed by atoms with Crippen molar-refractivity contribution >= 4 is 16.7 Å². The Hall–Kier alpha value is -1.97. The number of hydrogen-bond acceptors (Lipinski definition) is 2. The number of hydrogen-bond donors (Lipinski definition) is 2. The highest BCUT2D eigenvalue weighted by Gasteiger charge is 2.07. The molecule has 1 aromatic carbocycles. The second-order valence-corrected chi connectivity index (χ2v) is 3.73. The predicted molar refractivity (Wildman–Crippen MR) is 64.7 cm³/mol. The van der Waals surface area contributed by atoms with E-state index in [-0.39, 0.29) is 5.84 Å². The summed E-state index contributed by atoms with van der Waals surface area (Å²) < 4.78 is 2.17. The average molecular weight is 217 g/mol. The zero-order valence-corrected chi connectivity index (χ0v) is 9.22. The zero-order valence-electron chi connectivity index (χ0n) is 9.22. The molecule has 0 aliphatic rings. The number of rotatable bonds is 3. The van der Waals surface area contributed by atoms with E-state index in [1.54, 1.807) is 0 Å². The second-order valence-electron chi connectivity index (χ2n) is 3.73. The topological polar surface area (TPSA) is 63.5 Å². The largest absolute Gasteiger partial charge is 0.409 e. The molecule has 84 valence electrons. The molecule has 4 nitrogen and oxygen atoms in total. The minimum Gasteiger partial charge on any atom is -0.409 e. The number of aromatic nitrogens is 1. The Bertz CT molecular complexity index is 528. The second kappa shape index (κ2) is 4.26. The van der Waals surface area contributed by atoms with Crippen LogP contribution in [-0.4, -0.2) is 15.6 Å². The van der Waals surface area contributed by atoms with E-state index in [0.29, 0.717) is 0 Å². The normalized spacial score (nSPS) is 12.2. The smallest absolute Gasteiger partial charge is 0.170 e. The van der Waals surface area contributed by atoms with E-state index in [4.69, 9.17) is 10.9 Å². The molecule has 0 radical (unpaired) electrons. The molecular weight excluding hydrogens is 202 g/mol.